The minimum atomic E-state index is 0.551. The molecule has 3 nitrogen and oxygen atoms in total. The van der Waals surface area contributed by atoms with Gasteiger partial charge in [-0.25, -0.2) is 0 Å². The SMILES string of the molecule is COc1cc(CCC=CC(C)CCc2ccc(C)o2)cc(OC)c1. The molecule has 0 bridgehead atoms. The zero-order valence-electron chi connectivity index (χ0n) is 15.2. The summed E-state index contributed by atoms with van der Waals surface area (Å²) in [6, 6.07) is 10.1. The minimum Gasteiger partial charge on any atom is -0.497 e. The molecule has 1 aromatic heterocycles. The second-order valence-electron chi connectivity index (χ2n) is 6.22. The van der Waals surface area contributed by atoms with E-state index in [0.29, 0.717) is 5.92 Å². The molecule has 0 radical (unpaired) electrons. The molecule has 3 heteroatoms. The number of hydrogen-bond donors (Lipinski definition) is 0. The van der Waals surface area contributed by atoms with Gasteiger partial charge in [0.25, 0.3) is 0 Å². The van der Waals surface area contributed by atoms with Crippen LogP contribution in [0, 0.1) is 12.8 Å². The molecule has 2 rings (SSSR count). The van der Waals surface area contributed by atoms with Crippen LogP contribution in [0.25, 0.3) is 0 Å². The summed E-state index contributed by atoms with van der Waals surface area (Å²) in [7, 11) is 3.36. The average molecular weight is 328 g/mol. The van der Waals surface area contributed by atoms with E-state index in [1.54, 1.807) is 14.2 Å². The molecule has 130 valence electrons. The maximum absolute atomic E-state index is 5.61. The summed E-state index contributed by atoms with van der Waals surface area (Å²) in [5.74, 6) is 4.30. The van der Waals surface area contributed by atoms with Gasteiger partial charge in [0.05, 0.1) is 14.2 Å². The third-order valence-electron chi connectivity index (χ3n) is 4.12. The Hall–Kier alpha value is -2.16. The average Bonchev–Trinajstić information content (AvgIpc) is 3.02. The molecule has 0 spiro atoms. The van der Waals surface area contributed by atoms with Gasteiger partial charge in [0.2, 0.25) is 0 Å². The van der Waals surface area contributed by atoms with Gasteiger partial charge in [0.15, 0.2) is 0 Å². The van der Waals surface area contributed by atoms with Gasteiger partial charge < -0.3 is 13.9 Å². The summed E-state index contributed by atoms with van der Waals surface area (Å²) >= 11 is 0. The van der Waals surface area contributed by atoms with Crippen molar-refractivity contribution in [3.63, 3.8) is 0 Å². The Morgan fingerprint density at radius 3 is 2.33 bits per heavy atom. The van der Waals surface area contributed by atoms with Gasteiger partial charge >= 0.3 is 0 Å². The normalized spacial score (nSPS) is 12.5. The molecule has 0 amide bonds. The van der Waals surface area contributed by atoms with Gasteiger partial charge in [-0.3, -0.25) is 0 Å². The van der Waals surface area contributed by atoms with Crippen LogP contribution < -0.4 is 9.47 Å². The highest BCUT2D eigenvalue weighted by molar-refractivity contribution is 5.38. The Morgan fingerprint density at radius 1 is 1.04 bits per heavy atom. The molecule has 24 heavy (non-hydrogen) atoms. The molecule has 0 saturated carbocycles. The maximum Gasteiger partial charge on any atom is 0.122 e. The molecule has 0 N–H and O–H groups in total. The fourth-order valence-corrected chi connectivity index (χ4v) is 2.67. The standard InChI is InChI=1S/C21H28O3/c1-16(9-11-19-12-10-17(2)24-19)7-5-6-8-18-13-20(22-3)15-21(14-18)23-4/h5,7,10,12-16H,6,8-9,11H2,1-4H3. The Balaban J connectivity index is 1.77. The topological polar surface area (TPSA) is 31.6 Å². The first-order valence-corrected chi connectivity index (χ1v) is 8.54. The molecule has 2 aromatic rings. The molecule has 1 unspecified atom stereocenters. The summed E-state index contributed by atoms with van der Waals surface area (Å²) in [5, 5.41) is 0. The molecule has 0 aliphatic heterocycles. The van der Waals surface area contributed by atoms with Crippen LogP contribution in [0.15, 0.2) is 46.9 Å². The first-order valence-electron chi connectivity index (χ1n) is 8.54. The molecular weight excluding hydrogens is 300 g/mol. The molecule has 1 heterocycles. The third kappa shape index (κ3) is 5.80. The van der Waals surface area contributed by atoms with Gasteiger partial charge in [0.1, 0.15) is 23.0 Å². The number of ether oxygens (including phenoxy) is 2. The number of rotatable bonds is 9. The van der Waals surface area contributed by atoms with Crippen molar-refractivity contribution >= 4 is 0 Å². The molecule has 0 fully saturated rings. The van der Waals surface area contributed by atoms with Crippen molar-refractivity contribution in [2.24, 2.45) is 5.92 Å². The third-order valence-corrected chi connectivity index (χ3v) is 4.12. The van der Waals surface area contributed by atoms with Crippen molar-refractivity contribution in [1.82, 2.24) is 0 Å². The molecule has 1 atom stereocenters. The predicted octanol–water partition coefficient (Wildman–Crippen LogP) is 5.36. The van der Waals surface area contributed by atoms with Crippen LogP contribution in [0.3, 0.4) is 0 Å². The van der Waals surface area contributed by atoms with Crippen LogP contribution >= 0.6 is 0 Å². The lowest BCUT2D eigenvalue weighted by atomic mass is 10.0. The van der Waals surface area contributed by atoms with E-state index in [9.17, 15) is 0 Å². The highest BCUT2D eigenvalue weighted by Gasteiger charge is 2.03. The lowest BCUT2D eigenvalue weighted by Gasteiger charge is -2.08. The van der Waals surface area contributed by atoms with Crippen LogP contribution in [0.5, 0.6) is 11.5 Å². The smallest absolute Gasteiger partial charge is 0.122 e. The van der Waals surface area contributed by atoms with E-state index < -0.39 is 0 Å². The lowest BCUT2D eigenvalue weighted by molar-refractivity contribution is 0.393. The monoisotopic (exact) mass is 328 g/mol. The Labute approximate surface area is 145 Å². The number of hydrogen-bond acceptors (Lipinski definition) is 3. The van der Waals surface area contributed by atoms with Crippen molar-refractivity contribution in [2.75, 3.05) is 14.2 Å². The summed E-state index contributed by atoms with van der Waals surface area (Å²) in [6.07, 6.45) is 8.66. The summed E-state index contributed by atoms with van der Waals surface area (Å²) in [4.78, 5) is 0. The number of methoxy groups -OCH3 is 2. The first kappa shape index (κ1) is 18.2. The van der Waals surface area contributed by atoms with Crippen molar-refractivity contribution in [1.29, 1.82) is 0 Å². The molecular formula is C21H28O3. The number of aryl methyl sites for hydroxylation is 3. The van der Waals surface area contributed by atoms with Crippen molar-refractivity contribution in [2.45, 2.75) is 39.5 Å². The number of allylic oxidation sites excluding steroid dienone is 2. The number of furan rings is 1. The van der Waals surface area contributed by atoms with Crippen molar-refractivity contribution < 1.29 is 13.9 Å². The fourth-order valence-electron chi connectivity index (χ4n) is 2.67. The van der Waals surface area contributed by atoms with E-state index in [-0.39, 0.29) is 0 Å². The summed E-state index contributed by atoms with van der Waals surface area (Å²) in [5.41, 5.74) is 1.23. The molecule has 0 aliphatic carbocycles. The van der Waals surface area contributed by atoms with Crippen LogP contribution in [0.4, 0.5) is 0 Å². The Kier molecular flexibility index (Phi) is 6.98. The van der Waals surface area contributed by atoms with Gasteiger partial charge in [-0.15, -0.1) is 0 Å². The highest BCUT2D eigenvalue weighted by atomic mass is 16.5. The molecule has 1 aromatic carbocycles. The second kappa shape index (κ2) is 9.21. The summed E-state index contributed by atoms with van der Waals surface area (Å²) < 4.78 is 16.2. The Bertz CT molecular complexity index is 633. The van der Waals surface area contributed by atoms with E-state index in [4.69, 9.17) is 13.9 Å². The molecule has 0 saturated heterocycles. The van der Waals surface area contributed by atoms with Gasteiger partial charge in [-0.2, -0.15) is 0 Å². The maximum atomic E-state index is 5.61. The van der Waals surface area contributed by atoms with Crippen molar-refractivity contribution in [3.05, 3.63) is 59.6 Å². The van der Waals surface area contributed by atoms with E-state index in [1.165, 1.54) is 5.56 Å². The predicted molar refractivity (Wildman–Crippen MR) is 97.9 cm³/mol. The van der Waals surface area contributed by atoms with Crippen LogP contribution in [-0.2, 0) is 12.8 Å². The largest absolute Gasteiger partial charge is 0.497 e. The first-order chi connectivity index (χ1) is 11.6. The number of benzene rings is 1. The van der Waals surface area contributed by atoms with E-state index >= 15 is 0 Å². The Morgan fingerprint density at radius 2 is 1.75 bits per heavy atom. The van der Waals surface area contributed by atoms with Crippen LogP contribution in [0.2, 0.25) is 0 Å². The second-order valence-corrected chi connectivity index (χ2v) is 6.22. The van der Waals surface area contributed by atoms with Crippen LogP contribution in [-0.4, -0.2) is 14.2 Å². The molecule has 0 aliphatic rings. The zero-order valence-corrected chi connectivity index (χ0v) is 15.2. The summed E-state index contributed by atoms with van der Waals surface area (Å²) in [6.45, 7) is 4.24. The van der Waals surface area contributed by atoms with Crippen LogP contribution in [0.1, 0.15) is 36.8 Å². The van der Waals surface area contributed by atoms with Crippen molar-refractivity contribution in [3.8, 4) is 11.5 Å². The van der Waals surface area contributed by atoms with E-state index in [1.807, 2.05) is 19.1 Å². The van der Waals surface area contributed by atoms with Gasteiger partial charge in [-0.1, -0.05) is 19.1 Å². The van der Waals surface area contributed by atoms with E-state index in [0.717, 1.165) is 48.7 Å². The lowest BCUT2D eigenvalue weighted by Crippen LogP contribution is -1.93. The zero-order chi connectivity index (χ0) is 17.4. The highest BCUT2D eigenvalue weighted by Crippen LogP contribution is 2.23. The van der Waals surface area contributed by atoms with Gasteiger partial charge in [0, 0.05) is 12.5 Å². The van der Waals surface area contributed by atoms with Gasteiger partial charge in [-0.05, 0) is 61.9 Å². The fraction of sp³-hybridized carbons (Fsp3) is 0.429. The minimum absolute atomic E-state index is 0.551. The quantitative estimate of drug-likeness (QED) is 0.580. The van der Waals surface area contributed by atoms with E-state index in [2.05, 4.69) is 37.3 Å².